The van der Waals surface area contributed by atoms with E-state index in [4.69, 9.17) is 9.84 Å². The van der Waals surface area contributed by atoms with Gasteiger partial charge in [-0.15, -0.1) is 0 Å². The zero-order chi connectivity index (χ0) is 10.0. The molecule has 0 aromatic heterocycles. The van der Waals surface area contributed by atoms with E-state index in [0.29, 0.717) is 5.75 Å². The van der Waals surface area contributed by atoms with Crippen molar-refractivity contribution in [1.82, 2.24) is 0 Å². The number of aliphatic hydroxyl groups is 1. The molecule has 0 unspecified atom stereocenters. The van der Waals surface area contributed by atoms with E-state index in [2.05, 4.69) is 6.58 Å². The zero-order valence-corrected chi connectivity index (χ0v) is 7.60. The molecule has 13 heavy (non-hydrogen) atoms. The van der Waals surface area contributed by atoms with Crippen LogP contribution in [0.4, 0.5) is 4.39 Å². The van der Waals surface area contributed by atoms with Crippen LogP contribution in [0.1, 0.15) is 11.1 Å². The van der Waals surface area contributed by atoms with Gasteiger partial charge < -0.3 is 9.84 Å². The third kappa shape index (κ3) is 1.80. The number of methoxy groups -OCH3 is 1. The fourth-order valence-electron chi connectivity index (χ4n) is 1.10. The van der Waals surface area contributed by atoms with Gasteiger partial charge in [0.15, 0.2) is 0 Å². The summed E-state index contributed by atoms with van der Waals surface area (Å²) in [5, 5.41) is 9.02. The van der Waals surface area contributed by atoms with E-state index < -0.39 is 5.82 Å². The molecule has 2 nitrogen and oxygen atoms in total. The average molecular weight is 182 g/mol. The lowest BCUT2D eigenvalue weighted by Crippen LogP contribution is -1.93. The Morgan fingerprint density at radius 1 is 1.54 bits per heavy atom. The number of hydrogen-bond acceptors (Lipinski definition) is 2. The zero-order valence-electron chi connectivity index (χ0n) is 7.60. The minimum atomic E-state index is -0.532. The van der Waals surface area contributed by atoms with E-state index in [-0.39, 0.29) is 11.3 Å². The Morgan fingerprint density at radius 3 is 2.62 bits per heavy atom. The predicted octanol–water partition coefficient (Wildman–Crippen LogP) is 2.67. The maximum atomic E-state index is 13.2. The van der Waals surface area contributed by atoms with Gasteiger partial charge in [0.2, 0.25) is 0 Å². The molecule has 0 radical (unpaired) electrons. The summed E-state index contributed by atoms with van der Waals surface area (Å²) in [6.07, 6.45) is 0. The standard InChI is InChI=1S/C10H11FO2/c1-6-4-8(7(2)12)9(11)5-10(6)13-3/h4-5,12H,2H2,1,3H3. The molecule has 3 heteroatoms. The van der Waals surface area contributed by atoms with Gasteiger partial charge in [-0.2, -0.15) is 0 Å². The SMILES string of the molecule is C=C(O)c1cc(C)c(OC)cc1F. The van der Waals surface area contributed by atoms with Gasteiger partial charge in [-0.3, -0.25) is 0 Å². The molecule has 0 atom stereocenters. The molecule has 0 saturated carbocycles. The quantitative estimate of drug-likeness (QED) is 0.712. The molecular formula is C10H11FO2. The fraction of sp³-hybridized carbons (Fsp3) is 0.200. The van der Waals surface area contributed by atoms with Gasteiger partial charge in [-0.25, -0.2) is 4.39 Å². The number of benzene rings is 1. The van der Waals surface area contributed by atoms with E-state index in [9.17, 15) is 4.39 Å². The molecule has 0 spiro atoms. The van der Waals surface area contributed by atoms with E-state index in [1.165, 1.54) is 19.2 Å². The Hall–Kier alpha value is -1.51. The topological polar surface area (TPSA) is 29.5 Å². The second-order valence-corrected chi connectivity index (χ2v) is 2.75. The predicted molar refractivity (Wildman–Crippen MR) is 49.4 cm³/mol. The van der Waals surface area contributed by atoms with Gasteiger partial charge in [0, 0.05) is 6.07 Å². The molecule has 1 rings (SSSR count). The van der Waals surface area contributed by atoms with Crippen molar-refractivity contribution in [2.24, 2.45) is 0 Å². The van der Waals surface area contributed by atoms with Crippen molar-refractivity contribution in [3.63, 3.8) is 0 Å². The maximum absolute atomic E-state index is 13.2. The van der Waals surface area contributed by atoms with Gasteiger partial charge >= 0.3 is 0 Å². The van der Waals surface area contributed by atoms with Crippen molar-refractivity contribution in [3.05, 3.63) is 35.7 Å². The van der Waals surface area contributed by atoms with Crippen molar-refractivity contribution in [1.29, 1.82) is 0 Å². The first-order valence-electron chi connectivity index (χ1n) is 3.78. The van der Waals surface area contributed by atoms with Crippen molar-refractivity contribution in [2.75, 3.05) is 7.11 Å². The average Bonchev–Trinajstić information content (AvgIpc) is 2.07. The summed E-state index contributed by atoms with van der Waals surface area (Å²) < 4.78 is 18.1. The molecule has 0 bridgehead atoms. The third-order valence-electron chi connectivity index (χ3n) is 1.80. The van der Waals surface area contributed by atoms with Crippen LogP contribution in [-0.4, -0.2) is 12.2 Å². The highest BCUT2D eigenvalue weighted by Crippen LogP contribution is 2.24. The van der Waals surface area contributed by atoms with Crippen LogP contribution in [0.25, 0.3) is 5.76 Å². The summed E-state index contributed by atoms with van der Waals surface area (Å²) in [6, 6.07) is 2.72. The number of aliphatic hydroxyl groups excluding tert-OH is 1. The Bertz CT molecular complexity index is 345. The highest BCUT2D eigenvalue weighted by atomic mass is 19.1. The molecular weight excluding hydrogens is 171 g/mol. The van der Waals surface area contributed by atoms with Crippen molar-refractivity contribution in [2.45, 2.75) is 6.92 Å². The Labute approximate surface area is 76.3 Å². The van der Waals surface area contributed by atoms with Crippen molar-refractivity contribution in [3.8, 4) is 5.75 Å². The molecule has 0 amide bonds. The molecule has 1 aromatic rings. The Morgan fingerprint density at radius 2 is 2.15 bits per heavy atom. The maximum Gasteiger partial charge on any atom is 0.137 e. The minimum absolute atomic E-state index is 0.110. The molecule has 0 aliphatic heterocycles. The smallest absolute Gasteiger partial charge is 0.137 e. The van der Waals surface area contributed by atoms with Crippen LogP contribution >= 0.6 is 0 Å². The van der Waals surface area contributed by atoms with Crippen LogP contribution in [0.2, 0.25) is 0 Å². The summed E-state index contributed by atoms with van der Waals surface area (Å²) in [7, 11) is 1.47. The van der Waals surface area contributed by atoms with Crippen LogP contribution < -0.4 is 4.74 Å². The summed E-state index contributed by atoms with van der Waals surface area (Å²) in [4.78, 5) is 0. The lowest BCUT2D eigenvalue weighted by Gasteiger charge is -2.07. The number of rotatable bonds is 2. The van der Waals surface area contributed by atoms with Crippen LogP contribution in [-0.2, 0) is 0 Å². The lowest BCUT2D eigenvalue weighted by molar-refractivity contribution is 0.407. The largest absolute Gasteiger partial charge is 0.508 e. The number of halogens is 1. The van der Waals surface area contributed by atoms with Gasteiger partial charge in [0.1, 0.15) is 17.3 Å². The van der Waals surface area contributed by atoms with Crippen LogP contribution in [0.15, 0.2) is 18.7 Å². The molecule has 0 fully saturated rings. The highest BCUT2D eigenvalue weighted by molar-refractivity contribution is 5.59. The molecule has 0 aliphatic carbocycles. The Balaban J connectivity index is 3.28. The fourth-order valence-corrected chi connectivity index (χ4v) is 1.10. The van der Waals surface area contributed by atoms with Gasteiger partial charge in [-0.05, 0) is 18.6 Å². The third-order valence-corrected chi connectivity index (χ3v) is 1.80. The van der Waals surface area contributed by atoms with E-state index in [1.807, 2.05) is 0 Å². The molecule has 0 heterocycles. The van der Waals surface area contributed by atoms with Gasteiger partial charge in [0.25, 0.3) is 0 Å². The van der Waals surface area contributed by atoms with E-state index in [1.54, 1.807) is 6.92 Å². The Kier molecular flexibility index (Phi) is 2.56. The second kappa shape index (κ2) is 3.47. The molecule has 0 aliphatic rings. The minimum Gasteiger partial charge on any atom is -0.508 e. The monoisotopic (exact) mass is 182 g/mol. The number of aryl methyl sites for hydroxylation is 1. The summed E-state index contributed by atoms with van der Waals surface area (Å²) in [5.74, 6) is -0.347. The van der Waals surface area contributed by atoms with Gasteiger partial charge in [-0.1, -0.05) is 6.58 Å². The summed E-state index contributed by atoms with van der Waals surface area (Å²) in [6.45, 7) is 5.03. The van der Waals surface area contributed by atoms with E-state index in [0.717, 1.165) is 5.56 Å². The van der Waals surface area contributed by atoms with Crippen molar-refractivity contribution >= 4 is 5.76 Å². The molecule has 70 valence electrons. The number of ether oxygens (including phenoxy) is 1. The first-order chi connectivity index (χ1) is 6.06. The second-order valence-electron chi connectivity index (χ2n) is 2.75. The number of hydrogen-bond donors (Lipinski definition) is 1. The van der Waals surface area contributed by atoms with Crippen LogP contribution in [0.3, 0.4) is 0 Å². The van der Waals surface area contributed by atoms with Crippen LogP contribution in [0, 0.1) is 12.7 Å². The van der Waals surface area contributed by atoms with Crippen LogP contribution in [0.5, 0.6) is 5.75 Å². The van der Waals surface area contributed by atoms with Gasteiger partial charge in [0.05, 0.1) is 12.7 Å². The summed E-state index contributed by atoms with van der Waals surface area (Å²) in [5.41, 5.74) is 0.868. The van der Waals surface area contributed by atoms with E-state index >= 15 is 0 Å². The lowest BCUT2D eigenvalue weighted by atomic mass is 10.1. The normalized spacial score (nSPS) is 9.77. The first-order valence-corrected chi connectivity index (χ1v) is 3.78. The highest BCUT2D eigenvalue weighted by Gasteiger charge is 2.09. The summed E-state index contributed by atoms with van der Waals surface area (Å²) >= 11 is 0. The first kappa shape index (κ1) is 9.58. The molecule has 0 saturated heterocycles. The molecule has 1 aromatic carbocycles. The molecule has 1 N–H and O–H groups in total. The van der Waals surface area contributed by atoms with Crippen molar-refractivity contribution < 1.29 is 14.2 Å².